The summed E-state index contributed by atoms with van der Waals surface area (Å²) in [5.41, 5.74) is -0.195. The molecule has 7 nitrogen and oxygen atoms in total. The van der Waals surface area contributed by atoms with Gasteiger partial charge in [0.1, 0.15) is 11.6 Å². The number of carbonyl (C=O) groups excluding carboxylic acids is 1. The van der Waals surface area contributed by atoms with E-state index in [0.29, 0.717) is 0 Å². The molecule has 0 fully saturated rings. The van der Waals surface area contributed by atoms with Crippen LogP contribution in [-0.2, 0) is 4.79 Å². The highest BCUT2D eigenvalue weighted by Gasteiger charge is 2.11. The third kappa shape index (κ3) is 3.37. The van der Waals surface area contributed by atoms with E-state index in [-0.39, 0.29) is 27.8 Å². The maximum Gasteiger partial charge on any atom is 0.277 e. The molecule has 1 aromatic carbocycles. The molecule has 10 heteroatoms. The van der Waals surface area contributed by atoms with Gasteiger partial charge in [-0.1, -0.05) is 11.8 Å². The number of H-pyrrole nitrogens is 2. The van der Waals surface area contributed by atoms with E-state index in [1.807, 2.05) is 0 Å². The second-order valence-corrected chi connectivity index (χ2v) is 5.40. The van der Waals surface area contributed by atoms with Crippen molar-refractivity contribution in [3.8, 4) is 0 Å². The quantitative estimate of drug-likeness (QED) is 0.496. The van der Waals surface area contributed by atoms with Crippen LogP contribution in [-0.4, -0.2) is 31.6 Å². The number of anilines is 1. The van der Waals surface area contributed by atoms with Gasteiger partial charge in [-0.25, -0.2) is 18.7 Å². The lowest BCUT2D eigenvalue weighted by Gasteiger charge is -2.06. The van der Waals surface area contributed by atoms with Crippen molar-refractivity contribution in [3.05, 3.63) is 46.5 Å². The number of thioether (sulfide) groups is 1. The van der Waals surface area contributed by atoms with Crippen molar-refractivity contribution >= 4 is 34.5 Å². The zero-order valence-electron chi connectivity index (χ0n) is 11.4. The fourth-order valence-electron chi connectivity index (χ4n) is 1.80. The number of imidazole rings is 1. The van der Waals surface area contributed by atoms with Crippen LogP contribution in [0.4, 0.5) is 14.5 Å². The van der Waals surface area contributed by atoms with Crippen LogP contribution >= 0.6 is 11.8 Å². The summed E-state index contributed by atoms with van der Waals surface area (Å²) in [6, 6.07) is 2.75. The van der Waals surface area contributed by atoms with Crippen molar-refractivity contribution in [1.82, 2.24) is 19.9 Å². The molecule has 2 aromatic heterocycles. The second-order valence-electron chi connectivity index (χ2n) is 4.43. The molecule has 23 heavy (non-hydrogen) atoms. The smallest absolute Gasteiger partial charge is 0.277 e. The summed E-state index contributed by atoms with van der Waals surface area (Å²) >= 11 is 0.941. The van der Waals surface area contributed by atoms with Gasteiger partial charge in [0, 0.05) is 6.07 Å². The van der Waals surface area contributed by atoms with Crippen molar-refractivity contribution in [2.45, 2.75) is 5.16 Å². The molecule has 2 heterocycles. The molecule has 0 unspecified atom stereocenters. The predicted molar refractivity (Wildman–Crippen MR) is 80.2 cm³/mol. The number of aromatic amines is 2. The van der Waals surface area contributed by atoms with Crippen LogP contribution in [0, 0.1) is 11.6 Å². The number of benzene rings is 1. The number of carbonyl (C=O) groups is 1. The molecule has 3 rings (SSSR count). The normalized spacial score (nSPS) is 10.9. The first kappa shape index (κ1) is 15.2. The van der Waals surface area contributed by atoms with Gasteiger partial charge < -0.3 is 10.3 Å². The van der Waals surface area contributed by atoms with Gasteiger partial charge in [-0.3, -0.25) is 14.6 Å². The number of halogens is 2. The van der Waals surface area contributed by atoms with E-state index < -0.39 is 23.1 Å². The van der Waals surface area contributed by atoms with Gasteiger partial charge in [0.15, 0.2) is 16.3 Å². The van der Waals surface area contributed by atoms with Crippen LogP contribution in [0.25, 0.3) is 11.2 Å². The molecule has 0 aliphatic carbocycles. The van der Waals surface area contributed by atoms with E-state index >= 15 is 0 Å². The van der Waals surface area contributed by atoms with Crippen molar-refractivity contribution in [2.24, 2.45) is 0 Å². The van der Waals surface area contributed by atoms with E-state index in [4.69, 9.17) is 0 Å². The first-order chi connectivity index (χ1) is 11.0. The van der Waals surface area contributed by atoms with E-state index in [1.165, 1.54) is 6.33 Å². The number of nitrogens with zero attached hydrogens (tertiary/aromatic N) is 2. The molecular weight excluding hydrogens is 328 g/mol. The molecule has 3 aromatic rings. The van der Waals surface area contributed by atoms with Crippen LogP contribution in [0.3, 0.4) is 0 Å². The Bertz CT molecular complexity index is 940. The van der Waals surface area contributed by atoms with Gasteiger partial charge in [0.25, 0.3) is 5.56 Å². The molecule has 0 aliphatic heterocycles. The topological polar surface area (TPSA) is 104 Å². The molecule has 0 spiro atoms. The predicted octanol–water partition coefficient (Wildman–Crippen LogP) is 1.66. The highest BCUT2D eigenvalue weighted by Crippen LogP contribution is 2.17. The molecule has 0 saturated carbocycles. The third-order valence-corrected chi connectivity index (χ3v) is 3.69. The molecular formula is C13H9F2N5O2S. The highest BCUT2D eigenvalue weighted by molar-refractivity contribution is 7.99. The largest absolute Gasteiger partial charge is 0.339 e. The lowest BCUT2D eigenvalue weighted by Crippen LogP contribution is -2.16. The molecule has 0 aliphatic rings. The first-order valence-electron chi connectivity index (χ1n) is 6.34. The fraction of sp³-hybridized carbons (Fsp3) is 0.0769. The second kappa shape index (κ2) is 6.16. The Morgan fingerprint density at radius 1 is 1.35 bits per heavy atom. The zero-order valence-corrected chi connectivity index (χ0v) is 12.2. The third-order valence-electron chi connectivity index (χ3n) is 2.82. The maximum absolute atomic E-state index is 13.4. The highest BCUT2D eigenvalue weighted by atomic mass is 32.2. The average Bonchev–Trinajstić information content (AvgIpc) is 2.98. The summed E-state index contributed by atoms with van der Waals surface area (Å²) in [6.45, 7) is 0. The van der Waals surface area contributed by atoms with Gasteiger partial charge in [-0.2, -0.15) is 0 Å². The maximum atomic E-state index is 13.4. The Hall–Kier alpha value is -2.75. The van der Waals surface area contributed by atoms with Gasteiger partial charge in [0.2, 0.25) is 5.91 Å². The number of rotatable bonds is 4. The van der Waals surface area contributed by atoms with Crippen LogP contribution in [0.5, 0.6) is 0 Å². The van der Waals surface area contributed by atoms with E-state index in [1.54, 1.807) is 0 Å². The molecule has 0 saturated heterocycles. The molecule has 3 N–H and O–H groups in total. The average molecular weight is 337 g/mol. The molecule has 0 bridgehead atoms. The van der Waals surface area contributed by atoms with Crippen LogP contribution in [0.2, 0.25) is 0 Å². The van der Waals surface area contributed by atoms with Crippen molar-refractivity contribution in [3.63, 3.8) is 0 Å². The number of fused-ring (bicyclic) bond motifs is 1. The minimum absolute atomic E-state index is 0.144. The monoisotopic (exact) mass is 337 g/mol. The first-order valence-corrected chi connectivity index (χ1v) is 7.32. The molecule has 1 amide bonds. The molecule has 118 valence electrons. The minimum atomic E-state index is -0.741. The Morgan fingerprint density at radius 2 is 2.17 bits per heavy atom. The van der Waals surface area contributed by atoms with E-state index in [9.17, 15) is 18.4 Å². The minimum Gasteiger partial charge on any atom is -0.339 e. The SMILES string of the molecule is O=C(CSc1nc2nc[nH]c2c(=O)[nH]1)Nc1cc(F)ccc1F. The Kier molecular flexibility index (Phi) is 4.06. The lowest BCUT2D eigenvalue weighted by molar-refractivity contribution is -0.113. The Labute approximate surface area is 131 Å². The summed E-state index contributed by atoms with van der Waals surface area (Å²) < 4.78 is 26.5. The standard InChI is InChI=1S/C13H9F2N5O2S/c14-6-1-2-7(15)8(3-6)18-9(21)4-23-13-19-11-10(12(22)20-13)16-5-17-11/h1-3,5H,4H2,(H,18,21)(H2,16,17,19,20,22). The van der Waals surface area contributed by atoms with Crippen LogP contribution in [0.15, 0.2) is 34.5 Å². The van der Waals surface area contributed by atoms with E-state index in [0.717, 1.165) is 30.0 Å². The fourth-order valence-corrected chi connectivity index (χ4v) is 2.46. The number of aromatic nitrogens is 4. The lowest BCUT2D eigenvalue weighted by atomic mass is 10.3. The zero-order chi connectivity index (χ0) is 16.4. The number of amides is 1. The Morgan fingerprint density at radius 3 is 3.00 bits per heavy atom. The van der Waals surface area contributed by atoms with Gasteiger partial charge in [-0.05, 0) is 12.1 Å². The molecule has 0 radical (unpaired) electrons. The number of hydrogen-bond acceptors (Lipinski definition) is 5. The number of hydrogen-bond donors (Lipinski definition) is 3. The molecule has 0 atom stereocenters. The van der Waals surface area contributed by atoms with Crippen molar-refractivity contribution < 1.29 is 13.6 Å². The summed E-state index contributed by atoms with van der Waals surface area (Å²) in [5.74, 6) is -2.11. The van der Waals surface area contributed by atoms with Crippen LogP contribution in [0.1, 0.15) is 0 Å². The van der Waals surface area contributed by atoms with Crippen molar-refractivity contribution in [2.75, 3.05) is 11.1 Å². The van der Waals surface area contributed by atoms with Gasteiger partial charge in [0.05, 0.1) is 17.8 Å². The summed E-state index contributed by atoms with van der Waals surface area (Å²) in [6.07, 6.45) is 1.33. The van der Waals surface area contributed by atoms with Gasteiger partial charge in [-0.15, -0.1) is 0 Å². The van der Waals surface area contributed by atoms with E-state index in [2.05, 4.69) is 25.3 Å². The summed E-state index contributed by atoms with van der Waals surface area (Å²) in [4.78, 5) is 36.5. The Balaban J connectivity index is 1.68. The van der Waals surface area contributed by atoms with Crippen LogP contribution < -0.4 is 10.9 Å². The summed E-state index contributed by atoms with van der Waals surface area (Å²) in [5, 5.41) is 2.45. The van der Waals surface area contributed by atoms with Gasteiger partial charge >= 0.3 is 0 Å². The van der Waals surface area contributed by atoms with Crippen molar-refractivity contribution in [1.29, 1.82) is 0 Å². The summed E-state index contributed by atoms with van der Waals surface area (Å²) in [7, 11) is 0. The number of nitrogens with one attached hydrogen (secondary N) is 3.